The van der Waals surface area contributed by atoms with Crippen LogP contribution in [-0.4, -0.2) is 15.0 Å². The average molecular weight is 219 g/mol. The van der Waals surface area contributed by atoms with E-state index < -0.39 is 35.2 Å². The van der Waals surface area contributed by atoms with Crippen LogP contribution in [-0.2, 0) is 6.61 Å². The van der Waals surface area contributed by atoms with Gasteiger partial charge < -0.3 is 21.0 Å². The van der Waals surface area contributed by atoms with Crippen molar-refractivity contribution in [1.29, 1.82) is 0 Å². The molecule has 0 aromatic carbocycles. The van der Waals surface area contributed by atoms with E-state index in [-0.39, 0.29) is 5.56 Å². The number of nitro groups is 1. The van der Waals surface area contributed by atoms with Crippen LogP contribution in [0, 0.1) is 10.1 Å². The molecule has 0 saturated heterocycles. The Morgan fingerprint density at radius 3 is 2.67 bits per heavy atom. The fourth-order valence-electron chi connectivity index (χ4n) is 1.00. The fraction of sp³-hybridized carbons (Fsp3) is 0.286. The zero-order valence-corrected chi connectivity index (χ0v) is 7.35. The van der Waals surface area contributed by atoms with Gasteiger partial charge in [0.2, 0.25) is 5.69 Å². The molecule has 0 saturated carbocycles. The Labute approximate surface area is 82.5 Å². The van der Waals surface area contributed by atoms with E-state index >= 15 is 0 Å². The molecule has 1 rings (SSSR count). The molecule has 0 aliphatic rings. The van der Waals surface area contributed by atoms with Gasteiger partial charge in [0.05, 0.1) is 12.3 Å². The number of aliphatic hydroxyl groups excluding tert-OH is 1. The van der Waals surface area contributed by atoms with Crippen molar-refractivity contribution >= 4 is 11.5 Å². The van der Waals surface area contributed by atoms with Crippen LogP contribution in [0.5, 0.6) is 0 Å². The molecule has 1 aromatic rings. The first-order valence-corrected chi connectivity index (χ1v) is 3.80. The Kier molecular flexibility index (Phi) is 3.10. The van der Waals surface area contributed by atoms with Gasteiger partial charge in [0.15, 0.2) is 0 Å². The third kappa shape index (κ3) is 2.15. The molecule has 82 valence electrons. The second-order valence-corrected chi connectivity index (χ2v) is 2.65. The molecule has 0 fully saturated rings. The molecule has 3 N–H and O–H groups in total. The van der Waals surface area contributed by atoms with Crippen LogP contribution in [0.3, 0.4) is 0 Å². The SMILES string of the molecule is Nc1c(CO)cc([N+](=O)[O-])nc1C(F)F. The summed E-state index contributed by atoms with van der Waals surface area (Å²) in [7, 11) is 0. The number of alkyl halides is 2. The second-order valence-electron chi connectivity index (χ2n) is 2.65. The number of aliphatic hydroxyl groups is 1. The van der Waals surface area contributed by atoms with Crippen LogP contribution in [0.25, 0.3) is 0 Å². The van der Waals surface area contributed by atoms with Crippen molar-refractivity contribution in [2.75, 3.05) is 5.73 Å². The van der Waals surface area contributed by atoms with Gasteiger partial charge in [0.25, 0.3) is 0 Å². The van der Waals surface area contributed by atoms with Crippen LogP contribution in [0.1, 0.15) is 17.7 Å². The summed E-state index contributed by atoms with van der Waals surface area (Å²) in [6.45, 7) is -0.658. The van der Waals surface area contributed by atoms with Crippen LogP contribution in [0.2, 0.25) is 0 Å². The number of nitrogens with two attached hydrogens (primary N) is 1. The summed E-state index contributed by atoms with van der Waals surface area (Å²) in [4.78, 5) is 12.5. The summed E-state index contributed by atoms with van der Waals surface area (Å²) in [5.74, 6) is -0.761. The Morgan fingerprint density at radius 2 is 2.27 bits per heavy atom. The molecule has 6 nitrogen and oxygen atoms in total. The van der Waals surface area contributed by atoms with Crippen LogP contribution < -0.4 is 5.73 Å². The maximum absolute atomic E-state index is 12.3. The van der Waals surface area contributed by atoms with E-state index in [0.29, 0.717) is 0 Å². The number of aromatic nitrogens is 1. The van der Waals surface area contributed by atoms with Crippen molar-refractivity contribution in [3.63, 3.8) is 0 Å². The zero-order chi connectivity index (χ0) is 11.6. The second kappa shape index (κ2) is 4.13. The van der Waals surface area contributed by atoms with Gasteiger partial charge >= 0.3 is 12.2 Å². The largest absolute Gasteiger partial charge is 0.395 e. The van der Waals surface area contributed by atoms with Gasteiger partial charge in [-0.05, 0) is 9.91 Å². The molecule has 8 heteroatoms. The average Bonchev–Trinajstić information content (AvgIpc) is 2.17. The topological polar surface area (TPSA) is 102 Å². The van der Waals surface area contributed by atoms with Crippen LogP contribution >= 0.6 is 0 Å². The van der Waals surface area contributed by atoms with E-state index in [2.05, 4.69) is 4.98 Å². The molecule has 0 aliphatic heterocycles. The van der Waals surface area contributed by atoms with E-state index in [1.165, 1.54) is 0 Å². The number of anilines is 1. The smallest absolute Gasteiger partial charge is 0.364 e. The first-order chi connectivity index (χ1) is 6.97. The number of halogens is 2. The predicted octanol–water partition coefficient (Wildman–Crippen LogP) is 1.00. The summed E-state index contributed by atoms with van der Waals surface area (Å²) >= 11 is 0. The van der Waals surface area contributed by atoms with Gasteiger partial charge in [0, 0.05) is 11.6 Å². The third-order valence-corrected chi connectivity index (χ3v) is 1.72. The highest BCUT2D eigenvalue weighted by molar-refractivity contribution is 5.54. The van der Waals surface area contributed by atoms with Gasteiger partial charge in [-0.25, -0.2) is 8.78 Å². The minimum atomic E-state index is -3.02. The van der Waals surface area contributed by atoms with Crippen molar-refractivity contribution in [2.24, 2.45) is 0 Å². The fourth-order valence-corrected chi connectivity index (χ4v) is 1.00. The van der Waals surface area contributed by atoms with Crippen LogP contribution in [0.15, 0.2) is 6.07 Å². The highest BCUT2D eigenvalue weighted by Crippen LogP contribution is 2.28. The van der Waals surface area contributed by atoms with Crippen molar-refractivity contribution in [1.82, 2.24) is 4.98 Å². The van der Waals surface area contributed by atoms with E-state index in [1.54, 1.807) is 0 Å². The zero-order valence-electron chi connectivity index (χ0n) is 7.35. The molecule has 0 unspecified atom stereocenters. The maximum atomic E-state index is 12.3. The lowest BCUT2D eigenvalue weighted by atomic mass is 10.2. The first-order valence-electron chi connectivity index (χ1n) is 3.80. The quantitative estimate of drug-likeness (QED) is 0.583. The summed E-state index contributed by atoms with van der Waals surface area (Å²) in [6, 6.07) is 0.862. The number of hydrogen-bond donors (Lipinski definition) is 2. The highest BCUT2D eigenvalue weighted by atomic mass is 19.3. The van der Waals surface area contributed by atoms with Gasteiger partial charge in [-0.2, -0.15) is 0 Å². The number of rotatable bonds is 3. The normalized spacial score (nSPS) is 10.7. The molecule has 15 heavy (non-hydrogen) atoms. The lowest BCUT2D eigenvalue weighted by Gasteiger charge is -2.04. The highest BCUT2D eigenvalue weighted by Gasteiger charge is 2.25. The predicted molar refractivity (Wildman–Crippen MR) is 46.2 cm³/mol. The Bertz CT molecular complexity index is 397. The third-order valence-electron chi connectivity index (χ3n) is 1.72. The number of nitrogen functional groups attached to an aromatic ring is 1. The minimum absolute atomic E-state index is 0.132. The van der Waals surface area contributed by atoms with Gasteiger partial charge in [-0.15, -0.1) is 0 Å². The van der Waals surface area contributed by atoms with Crippen molar-refractivity contribution in [3.05, 3.63) is 27.4 Å². The molecule has 0 spiro atoms. The van der Waals surface area contributed by atoms with Crippen molar-refractivity contribution in [3.8, 4) is 0 Å². The van der Waals surface area contributed by atoms with E-state index in [9.17, 15) is 18.9 Å². The molecule has 0 radical (unpaired) electrons. The summed E-state index contributed by atoms with van der Waals surface area (Å²) in [5.41, 5.74) is 3.81. The lowest BCUT2D eigenvalue weighted by Crippen LogP contribution is -2.06. The van der Waals surface area contributed by atoms with E-state index in [1.807, 2.05) is 0 Å². The number of nitrogens with zero attached hydrogens (tertiary/aromatic N) is 2. The Balaban J connectivity index is 3.38. The van der Waals surface area contributed by atoms with Gasteiger partial charge in [0.1, 0.15) is 0 Å². The number of hydrogen-bond acceptors (Lipinski definition) is 5. The molecule has 0 aliphatic carbocycles. The molecule has 1 heterocycles. The summed E-state index contributed by atoms with van der Waals surface area (Å²) in [5, 5.41) is 19.1. The monoisotopic (exact) mass is 219 g/mol. The Hall–Kier alpha value is -1.83. The van der Waals surface area contributed by atoms with E-state index in [0.717, 1.165) is 6.07 Å². The van der Waals surface area contributed by atoms with Gasteiger partial charge in [-0.1, -0.05) is 0 Å². The Morgan fingerprint density at radius 1 is 1.67 bits per heavy atom. The summed E-state index contributed by atoms with van der Waals surface area (Å²) < 4.78 is 24.7. The maximum Gasteiger partial charge on any atom is 0.364 e. The molecule has 1 aromatic heterocycles. The van der Waals surface area contributed by atoms with Gasteiger partial charge in [-0.3, -0.25) is 0 Å². The lowest BCUT2D eigenvalue weighted by molar-refractivity contribution is -0.389. The molecule has 0 amide bonds. The molecule has 0 atom stereocenters. The molecular formula is C7H7F2N3O3. The standard InChI is InChI=1S/C7H7F2N3O3/c8-7(9)6-5(10)3(2-13)1-4(11-6)12(14)15/h1,7,13H,2,10H2. The van der Waals surface area contributed by atoms with E-state index in [4.69, 9.17) is 10.8 Å². The van der Waals surface area contributed by atoms with Crippen molar-refractivity contribution < 1.29 is 18.8 Å². The minimum Gasteiger partial charge on any atom is -0.395 e. The number of pyridine rings is 1. The van der Waals surface area contributed by atoms with Crippen molar-refractivity contribution in [2.45, 2.75) is 13.0 Å². The molecular weight excluding hydrogens is 212 g/mol. The first kappa shape index (κ1) is 11.2. The van der Waals surface area contributed by atoms with Crippen LogP contribution in [0.4, 0.5) is 20.3 Å². The molecule has 0 bridgehead atoms. The summed E-state index contributed by atoms with van der Waals surface area (Å²) in [6.07, 6.45) is -3.02.